The standard InChI is InChI=1S/C19H10ClFN4/c20-17-13-8-11(21)6-7-16(13)24-18-14(17)9-22-19-15(18)10-23-25(19)12-4-2-1-3-5-12/h1-10H. The first-order valence-electron chi connectivity index (χ1n) is 7.69. The second-order valence-electron chi connectivity index (χ2n) is 5.74. The van der Waals surface area contributed by atoms with Crippen LogP contribution in [0.5, 0.6) is 0 Å². The van der Waals surface area contributed by atoms with Gasteiger partial charge in [-0.1, -0.05) is 29.8 Å². The Hall–Kier alpha value is -3.05. The fourth-order valence-electron chi connectivity index (χ4n) is 3.05. The number of aromatic nitrogens is 4. The maximum Gasteiger partial charge on any atom is 0.165 e. The maximum atomic E-state index is 13.5. The highest BCUT2D eigenvalue weighted by molar-refractivity contribution is 6.40. The number of para-hydroxylation sites is 1. The summed E-state index contributed by atoms with van der Waals surface area (Å²) in [7, 11) is 0. The summed E-state index contributed by atoms with van der Waals surface area (Å²) in [5.41, 5.74) is 2.96. The van der Waals surface area contributed by atoms with E-state index in [0.29, 0.717) is 32.5 Å². The number of rotatable bonds is 1. The quantitative estimate of drug-likeness (QED) is 0.404. The Bertz CT molecular complexity index is 1260. The van der Waals surface area contributed by atoms with Gasteiger partial charge in [-0.05, 0) is 30.3 Å². The monoisotopic (exact) mass is 348 g/mol. The van der Waals surface area contributed by atoms with Crippen molar-refractivity contribution in [3.63, 3.8) is 0 Å². The van der Waals surface area contributed by atoms with Gasteiger partial charge in [0, 0.05) is 17.0 Å². The fraction of sp³-hybridized carbons (Fsp3) is 0. The lowest BCUT2D eigenvalue weighted by Gasteiger charge is -2.07. The first kappa shape index (κ1) is 14.3. The van der Waals surface area contributed by atoms with Gasteiger partial charge in [-0.2, -0.15) is 5.10 Å². The van der Waals surface area contributed by atoms with Crippen LogP contribution in [0.15, 0.2) is 60.9 Å². The van der Waals surface area contributed by atoms with E-state index in [9.17, 15) is 4.39 Å². The second kappa shape index (κ2) is 5.22. The third-order valence-corrected chi connectivity index (χ3v) is 4.64. The Morgan fingerprint density at radius 1 is 0.920 bits per heavy atom. The highest BCUT2D eigenvalue weighted by Gasteiger charge is 2.15. The summed E-state index contributed by atoms with van der Waals surface area (Å²) in [5.74, 6) is -0.346. The van der Waals surface area contributed by atoms with E-state index in [-0.39, 0.29) is 5.82 Å². The van der Waals surface area contributed by atoms with E-state index in [1.165, 1.54) is 12.1 Å². The molecule has 25 heavy (non-hydrogen) atoms. The van der Waals surface area contributed by atoms with Gasteiger partial charge < -0.3 is 0 Å². The summed E-state index contributed by atoms with van der Waals surface area (Å²) < 4.78 is 15.3. The minimum absolute atomic E-state index is 0.346. The van der Waals surface area contributed by atoms with E-state index >= 15 is 0 Å². The van der Waals surface area contributed by atoms with Gasteiger partial charge in [-0.15, -0.1) is 0 Å². The minimum Gasteiger partial charge on any atom is -0.247 e. The average Bonchev–Trinajstić information content (AvgIpc) is 3.08. The summed E-state index contributed by atoms with van der Waals surface area (Å²) in [6.45, 7) is 0. The van der Waals surface area contributed by atoms with Crippen molar-refractivity contribution in [3.8, 4) is 5.69 Å². The van der Waals surface area contributed by atoms with Crippen LogP contribution in [0.4, 0.5) is 4.39 Å². The minimum atomic E-state index is -0.346. The Morgan fingerprint density at radius 2 is 1.76 bits per heavy atom. The Morgan fingerprint density at radius 3 is 2.60 bits per heavy atom. The molecule has 4 nitrogen and oxygen atoms in total. The molecule has 3 aromatic heterocycles. The molecule has 0 fully saturated rings. The number of hydrogen-bond acceptors (Lipinski definition) is 3. The molecule has 2 aromatic carbocycles. The third-order valence-electron chi connectivity index (χ3n) is 4.23. The lowest BCUT2D eigenvalue weighted by atomic mass is 10.1. The fourth-order valence-corrected chi connectivity index (χ4v) is 3.34. The number of fused-ring (bicyclic) bond motifs is 4. The molecule has 5 rings (SSSR count). The SMILES string of the molecule is Fc1ccc2nc3c(cnc4c3cnn4-c3ccccc3)c(Cl)c2c1. The molecule has 3 heterocycles. The lowest BCUT2D eigenvalue weighted by molar-refractivity contribution is 0.629. The summed E-state index contributed by atoms with van der Waals surface area (Å²) in [5, 5.41) is 6.95. The maximum absolute atomic E-state index is 13.5. The zero-order valence-electron chi connectivity index (χ0n) is 12.8. The number of halogens is 2. The van der Waals surface area contributed by atoms with Gasteiger partial charge in [-0.3, -0.25) is 0 Å². The van der Waals surface area contributed by atoms with Crippen molar-refractivity contribution in [2.24, 2.45) is 0 Å². The lowest BCUT2D eigenvalue weighted by Crippen LogP contribution is -1.97. The van der Waals surface area contributed by atoms with Gasteiger partial charge in [-0.25, -0.2) is 19.0 Å². The van der Waals surface area contributed by atoms with Crippen LogP contribution in [0.3, 0.4) is 0 Å². The molecule has 0 aliphatic heterocycles. The van der Waals surface area contributed by atoms with Crippen LogP contribution in [0.2, 0.25) is 5.02 Å². The van der Waals surface area contributed by atoms with Crippen molar-refractivity contribution in [2.75, 3.05) is 0 Å². The third kappa shape index (κ3) is 2.09. The van der Waals surface area contributed by atoms with Gasteiger partial charge >= 0.3 is 0 Å². The molecule has 0 N–H and O–H groups in total. The summed E-state index contributed by atoms with van der Waals surface area (Å²) in [4.78, 5) is 9.19. The van der Waals surface area contributed by atoms with E-state index in [1.54, 1.807) is 23.1 Å². The molecule has 0 aliphatic carbocycles. The van der Waals surface area contributed by atoms with Crippen LogP contribution in [0.1, 0.15) is 0 Å². The molecule has 0 saturated carbocycles. The molecule has 0 atom stereocenters. The number of nitrogens with zero attached hydrogens (tertiary/aromatic N) is 4. The first-order valence-corrected chi connectivity index (χ1v) is 8.07. The van der Waals surface area contributed by atoms with Gasteiger partial charge in [0.05, 0.1) is 33.3 Å². The van der Waals surface area contributed by atoms with E-state index in [0.717, 1.165) is 11.1 Å². The van der Waals surface area contributed by atoms with Crippen molar-refractivity contribution in [3.05, 3.63) is 71.8 Å². The molecule has 0 bridgehead atoms. The van der Waals surface area contributed by atoms with Crippen molar-refractivity contribution in [1.29, 1.82) is 0 Å². The van der Waals surface area contributed by atoms with Crippen LogP contribution < -0.4 is 0 Å². The Kier molecular flexibility index (Phi) is 2.99. The molecule has 0 unspecified atom stereocenters. The van der Waals surface area contributed by atoms with Crippen LogP contribution in [0, 0.1) is 5.82 Å². The zero-order valence-corrected chi connectivity index (χ0v) is 13.6. The number of pyridine rings is 2. The van der Waals surface area contributed by atoms with Gasteiger partial charge in [0.1, 0.15) is 5.82 Å². The van der Waals surface area contributed by atoms with E-state index in [2.05, 4.69) is 15.1 Å². The molecule has 0 saturated heterocycles. The van der Waals surface area contributed by atoms with Crippen LogP contribution in [-0.2, 0) is 0 Å². The molecule has 5 aromatic rings. The van der Waals surface area contributed by atoms with Crippen LogP contribution >= 0.6 is 11.6 Å². The number of benzene rings is 2. The number of hydrogen-bond donors (Lipinski definition) is 0. The topological polar surface area (TPSA) is 43.6 Å². The van der Waals surface area contributed by atoms with Crippen molar-refractivity contribution < 1.29 is 4.39 Å². The predicted molar refractivity (Wildman–Crippen MR) is 96.6 cm³/mol. The molecule has 0 radical (unpaired) electrons. The first-order chi connectivity index (χ1) is 12.2. The second-order valence-corrected chi connectivity index (χ2v) is 6.11. The van der Waals surface area contributed by atoms with Crippen molar-refractivity contribution in [1.82, 2.24) is 19.7 Å². The molecular formula is C19H10ClFN4. The van der Waals surface area contributed by atoms with Crippen molar-refractivity contribution >= 4 is 44.4 Å². The highest BCUT2D eigenvalue weighted by Crippen LogP contribution is 2.33. The smallest absolute Gasteiger partial charge is 0.165 e. The largest absolute Gasteiger partial charge is 0.247 e. The van der Waals surface area contributed by atoms with Gasteiger partial charge in [0.15, 0.2) is 5.65 Å². The summed E-state index contributed by atoms with van der Waals surface area (Å²) in [6, 6.07) is 14.2. The molecule has 0 aliphatic rings. The molecule has 120 valence electrons. The average molecular weight is 349 g/mol. The van der Waals surface area contributed by atoms with E-state index in [4.69, 9.17) is 11.6 Å². The summed E-state index contributed by atoms with van der Waals surface area (Å²) in [6.07, 6.45) is 3.40. The van der Waals surface area contributed by atoms with Gasteiger partial charge in [0.25, 0.3) is 0 Å². The van der Waals surface area contributed by atoms with Crippen molar-refractivity contribution in [2.45, 2.75) is 0 Å². The summed E-state index contributed by atoms with van der Waals surface area (Å²) >= 11 is 6.50. The molecule has 0 amide bonds. The zero-order chi connectivity index (χ0) is 17.0. The highest BCUT2D eigenvalue weighted by atomic mass is 35.5. The Balaban J connectivity index is 1.88. The van der Waals surface area contributed by atoms with E-state index in [1.807, 2.05) is 30.3 Å². The molecular weight excluding hydrogens is 339 g/mol. The van der Waals surface area contributed by atoms with Crippen LogP contribution in [0.25, 0.3) is 38.5 Å². The molecule has 6 heteroatoms. The van der Waals surface area contributed by atoms with E-state index < -0.39 is 0 Å². The predicted octanol–water partition coefficient (Wildman–Crippen LogP) is 4.91. The Labute approximate surface area is 146 Å². The normalized spacial score (nSPS) is 11.6. The van der Waals surface area contributed by atoms with Crippen LogP contribution in [-0.4, -0.2) is 19.7 Å². The van der Waals surface area contributed by atoms with Gasteiger partial charge in [0.2, 0.25) is 0 Å². The molecule has 0 spiro atoms.